The summed E-state index contributed by atoms with van der Waals surface area (Å²) in [6, 6.07) is 7.70. The second-order valence-corrected chi connectivity index (χ2v) is 3.93. The maximum atomic E-state index is 11.4. The lowest BCUT2D eigenvalue weighted by molar-refractivity contribution is 0.0276. The molecule has 1 heterocycles. The molecule has 0 amide bonds. The molecule has 1 saturated carbocycles. The molecule has 0 bridgehead atoms. The van der Waals surface area contributed by atoms with E-state index in [4.69, 9.17) is 4.74 Å². The second-order valence-electron chi connectivity index (χ2n) is 3.93. The first-order valence-electron chi connectivity index (χ1n) is 4.57. The van der Waals surface area contributed by atoms with E-state index in [0.717, 1.165) is 17.5 Å². The Balaban J connectivity index is 2.22. The topological polar surface area (TPSA) is 26.3 Å². The van der Waals surface area contributed by atoms with Crippen LogP contribution in [0.5, 0.6) is 0 Å². The molecule has 1 spiro atoms. The molecule has 2 atom stereocenters. The van der Waals surface area contributed by atoms with Crippen LogP contribution in [0.25, 0.3) is 0 Å². The standard InChI is InChI=1S/C11H10O2/c1-7-6-11(7)9-5-3-2-4-8(9)10(12)13-11/h2-5,7H,6H2,1H3. The molecule has 2 unspecified atom stereocenters. The average molecular weight is 174 g/mol. The lowest BCUT2D eigenvalue weighted by Gasteiger charge is -2.07. The van der Waals surface area contributed by atoms with Crippen molar-refractivity contribution in [2.24, 2.45) is 5.92 Å². The van der Waals surface area contributed by atoms with E-state index < -0.39 is 0 Å². The first kappa shape index (κ1) is 7.13. The zero-order chi connectivity index (χ0) is 9.05. The zero-order valence-electron chi connectivity index (χ0n) is 7.41. The summed E-state index contributed by atoms with van der Waals surface area (Å²) in [5.41, 5.74) is 1.60. The Bertz CT molecular complexity index is 397. The average Bonchev–Trinajstić information content (AvgIpc) is 2.68. The van der Waals surface area contributed by atoms with Crippen molar-refractivity contribution >= 4 is 5.97 Å². The molecule has 1 aliphatic carbocycles. The van der Waals surface area contributed by atoms with E-state index in [2.05, 4.69) is 6.92 Å². The van der Waals surface area contributed by atoms with Crippen LogP contribution in [0.2, 0.25) is 0 Å². The molecule has 13 heavy (non-hydrogen) atoms. The van der Waals surface area contributed by atoms with Crippen molar-refractivity contribution in [2.45, 2.75) is 18.9 Å². The minimum absolute atomic E-state index is 0.153. The molecule has 1 fully saturated rings. The van der Waals surface area contributed by atoms with Gasteiger partial charge in [-0.15, -0.1) is 0 Å². The number of fused-ring (bicyclic) bond motifs is 2. The van der Waals surface area contributed by atoms with E-state index in [1.807, 2.05) is 24.3 Å². The van der Waals surface area contributed by atoms with E-state index in [1.54, 1.807) is 0 Å². The molecule has 1 aromatic carbocycles. The minimum Gasteiger partial charge on any atom is -0.450 e. The van der Waals surface area contributed by atoms with Crippen LogP contribution >= 0.6 is 0 Å². The van der Waals surface area contributed by atoms with Crippen LogP contribution in [0.1, 0.15) is 29.3 Å². The highest BCUT2D eigenvalue weighted by Gasteiger charge is 2.61. The Labute approximate surface area is 76.5 Å². The van der Waals surface area contributed by atoms with Crippen molar-refractivity contribution in [3.05, 3.63) is 35.4 Å². The molecular formula is C11H10O2. The van der Waals surface area contributed by atoms with E-state index in [0.29, 0.717) is 5.92 Å². The number of rotatable bonds is 0. The van der Waals surface area contributed by atoms with Gasteiger partial charge in [-0.2, -0.15) is 0 Å². The monoisotopic (exact) mass is 174 g/mol. The highest BCUT2D eigenvalue weighted by Crippen LogP contribution is 2.59. The van der Waals surface area contributed by atoms with E-state index in [9.17, 15) is 4.79 Å². The Morgan fingerprint density at radius 3 is 2.85 bits per heavy atom. The van der Waals surface area contributed by atoms with Gasteiger partial charge in [0.25, 0.3) is 0 Å². The van der Waals surface area contributed by atoms with E-state index >= 15 is 0 Å². The Hall–Kier alpha value is -1.31. The van der Waals surface area contributed by atoms with Crippen LogP contribution in [-0.2, 0) is 10.3 Å². The van der Waals surface area contributed by atoms with Gasteiger partial charge in [-0.25, -0.2) is 4.79 Å². The van der Waals surface area contributed by atoms with Gasteiger partial charge >= 0.3 is 5.97 Å². The lowest BCUT2D eigenvalue weighted by Crippen LogP contribution is -2.07. The van der Waals surface area contributed by atoms with E-state index in [-0.39, 0.29) is 11.6 Å². The second kappa shape index (κ2) is 1.95. The van der Waals surface area contributed by atoms with Gasteiger partial charge in [0.2, 0.25) is 0 Å². The van der Waals surface area contributed by atoms with Crippen molar-refractivity contribution in [3.8, 4) is 0 Å². The third-order valence-corrected chi connectivity index (χ3v) is 3.12. The third kappa shape index (κ3) is 0.711. The number of carbonyl (C=O) groups is 1. The van der Waals surface area contributed by atoms with E-state index in [1.165, 1.54) is 0 Å². The summed E-state index contributed by atoms with van der Waals surface area (Å²) < 4.78 is 5.40. The first-order valence-corrected chi connectivity index (χ1v) is 4.57. The number of benzene rings is 1. The third-order valence-electron chi connectivity index (χ3n) is 3.12. The fourth-order valence-corrected chi connectivity index (χ4v) is 2.22. The maximum Gasteiger partial charge on any atom is 0.339 e. The van der Waals surface area contributed by atoms with Gasteiger partial charge in [0.1, 0.15) is 5.60 Å². The van der Waals surface area contributed by atoms with Gasteiger partial charge in [0.05, 0.1) is 5.56 Å². The Morgan fingerprint density at radius 1 is 1.46 bits per heavy atom. The maximum absolute atomic E-state index is 11.4. The summed E-state index contributed by atoms with van der Waals surface area (Å²) in [6.07, 6.45) is 0.982. The summed E-state index contributed by atoms with van der Waals surface area (Å²) in [5.74, 6) is 0.333. The van der Waals surface area contributed by atoms with Gasteiger partial charge < -0.3 is 4.74 Å². The van der Waals surface area contributed by atoms with Crippen LogP contribution < -0.4 is 0 Å². The van der Waals surface area contributed by atoms with Gasteiger partial charge in [-0.05, 0) is 12.5 Å². The van der Waals surface area contributed by atoms with Gasteiger partial charge in [0, 0.05) is 11.5 Å². The summed E-state index contributed by atoms with van der Waals surface area (Å²) in [5, 5.41) is 0. The molecule has 3 rings (SSSR count). The normalized spacial score (nSPS) is 34.5. The number of esters is 1. The number of hydrogen-bond acceptors (Lipinski definition) is 2. The molecule has 0 radical (unpaired) electrons. The predicted molar refractivity (Wildman–Crippen MR) is 47.3 cm³/mol. The SMILES string of the molecule is CC1CC12OC(=O)c1ccccc12. The van der Waals surface area contributed by atoms with Crippen LogP contribution in [0.3, 0.4) is 0 Å². The van der Waals surface area contributed by atoms with Crippen LogP contribution in [0.15, 0.2) is 24.3 Å². The molecule has 66 valence electrons. The van der Waals surface area contributed by atoms with Crippen LogP contribution in [0, 0.1) is 5.92 Å². The largest absolute Gasteiger partial charge is 0.450 e. The van der Waals surface area contributed by atoms with Gasteiger partial charge in [-0.3, -0.25) is 0 Å². The quantitative estimate of drug-likeness (QED) is 0.563. The molecular weight excluding hydrogens is 164 g/mol. The molecule has 0 aromatic heterocycles. The molecule has 2 nitrogen and oxygen atoms in total. The number of hydrogen-bond donors (Lipinski definition) is 0. The van der Waals surface area contributed by atoms with Crippen LogP contribution in [-0.4, -0.2) is 5.97 Å². The van der Waals surface area contributed by atoms with Crippen molar-refractivity contribution in [2.75, 3.05) is 0 Å². The number of carbonyl (C=O) groups excluding carboxylic acids is 1. The molecule has 0 saturated heterocycles. The van der Waals surface area contributed by atoms with Crippen LogP contribution in [0.4, 0.5) is 0 Å². The number of ether oxygens (including phenoxy) is 1. The Kier molecular flexibility index (Phi) is 1.07. The molecule has 2 aliphatic rings. The fourth-order valence-electron chi connectivity index (χ4n) is 2.22. The Morgan fingerprint density at radius 2 is 2.15 bits per heavy atom. The van der Waals surface area contributed by atoms with Crippen molar-refractivity contribution < 1.29 is 9.53 Å². The van der Waals surface area contributed by atoms with Gasteiger partial charge in [-0.1, -0.05) is 25.1 Å². The zero-order valence-corrected chi connectivity index (χ0v) is 7.41. The summed E-state index contributed by atoms with van der Waals surface area (Å²) >= 11 is 0. The smallest absolute Gasteiger partial charge is 0.339 e. The lowest BCUT2D eigenvalue weighted by atomic mass is 10.0. The molecule has 2 heteroatoms. The predicted octanol–water partition coefficient (Wildman–Crippen LogP) is 2.09. The molecule has 1 aromatic rings. The minimum atomic E-state index is -0.242. The highest BCUT2D eigenvalue weighted by atomic mass is 16.6. The van der Waals surface area contributed by atoms with Crippen molar-refractivity contribution in [1.82, 2.24) is 0 Å². The highest BCUT2D eigenvalue weighted by molar-refractivity contribution is 5.95. The van der Waals surface area contributed by atoms with Crippen molar-refractivity contribution in [3.63, 3.8) is 0 Å². The molecule has 1 aliphatic heterocycles. The van der Waals surface area contributed by atoms with Crippen molar-refractivity contribution in [1.29, 1.82) is 0 Å². The fraction of sp³-hybridized carbons (Fsp3) is 0.364. The summed E-state index contributed by atoms with van der Waals surface area (Å²) in [6.45, 7) is 2.12. The summed E-state index contributed by atoms with van der Waals surface area (Å²) in [4.78, 5) is 11.4. The summed E-state index contributed by atoms with van der Waals surface area (Å²) in [7, 11) is 0. The first-order chi connectivity index (χ1) is 6.24. The molecule has 0 N–H and O–H groups in total. The van der Waals surface area contributed by atoms with Gasteiger partial charge in [0.15, 0.2) is 0 Å².